The molecule has 1 heterocycles. The SMILES string of the molecule is O=C(O)CCCCCC(=O)NCc1ccc([C@@H]2O[C@H](CSc3ccc(C(=O)O)cc3)C[C@H](c3ccc(CO)cc3)O2)cc1. The van der Waals surface area contributed by atoms with Crippen molar-refractivity contribution in [3.05, 3.63) is 101 Å². The maximum Gasteiger partial charge on any atom is 0.335 e. The second kappa shape index (κ2) is 16.2. The number of thioether (sulfide) groups is 1. The average Bonchev–Trinajstić information content (AvgIpc) is 3.03. The van der Waals surface area contributed by atoms with E-state index in [1.54, 1.807) is 36.0 Å². The lowest BCUT2D eigenvalue weighted by Gasteiger charge is -2.36. The van der Waals surface area contributed by atoms with Crippen LogP contribution in [0.3, 0.4) is 0 Å². The molecular weight excluding hydrogens is 570 g/mol. The van der Waals surface area contributed by atoms with Crippen molar-refractivity contribution < 1.29 is 39.2 Å². The first-order chi connectivity index (χ1) is 20.8. The number of carboxylic acid groups (broad SMARTS) is 2. The Labute approximate surface area is 255 Å². The Kier molecular flexibility index (Phi) is 12.2. The largest absolute Gasteiger partial charge is 0.481 e. The van der Waals surface area contributed by atoms with Crippen LogP contribution in [0.4, 0.5) is 0 Å². The van der Waals surface area contributed by atoms with Crippen LogP contribution in [0.2, 0.25) is 0 Å². The molecular formula is C33H37NO8S. The van der Waals surface area contributed by atoms with Crippen molar-refractivity contribution in [3.63, 3.8) is 0 Å². The number of amides is 1. The van der Waals surface area contributed by atoms with Gasteiger partial charge in [0.2, 0.25) is 5.91 Å². The summed E-state index contributed by atoms with van der Waals surface area (Å²) >= 11 is 1.60. The molecule has 3 atom stereocenters. The predicted molar refractivity (Wildman–Crippen MR) is 162 cm³/mol. The zero-order valence-corrected chi connectivity index (χ0v) is 24.6. The average molecular weight is 608 g/mol. The van der Waals surface area contributed by atoms with E-state index in [1.807, 2.05) is 48.5 Å². The summed E-state index contributed by atoms with van der Waals surface area (Å²) in [5.74, 6) is -1.19. The van der Waals surface area contributed by atoms with Gasteiger partial charge in [0.25, 0.3) is 0 Å². The highest BCUT2D eigenvalue weighted by Crippen LogP contribution is 2.39. The summed E-state index contributed by atoms with van der Waals surface area (Å²) in [6.07, 6.45) is 2.10. The van der Waals surface area contributed by atoms with Gasteiger partial charge in [-0.05, 0) is 53.8 Å². The van der Waals surface area contributed by atoms with Crippen LogP contribution in [0.5, 0.6) is 0 Å². The van der Waals surface area contributed by atoms with Gasteiger partial charge in [-0.25, -0.2) is 4.79 Å². The lowest BCUT2D eigenvalue weighted by molar-refractivity contribution is -0.245. The van der Waals surface area contributed by atoms with E-state index in [2.05, 4.69) is 5.32 Å². The summed E-state index contributed by atoms with van der Waals surface area (Å²) < 4.78 is 12.8. The number of hydrogen-bond donors (Lipinski definition) is 4. The third-order valence-electron chi connectivity index (χ3n) is 7.19. The Morgan fingerprint density at radius 2 is 1.44 bits per heavy atom. The number of rotatable bonds is 15. The molecule has 0 radical (unpaired) electrons. The molecule has 1 fully saturated rings. The zero-order chi connectivity index (χ0) is 30.6. The number of aliphatic carboxylic acids is 1. The van der Waals surface area contributed by atoms with Crippen molar-refractivity contribution in [1.29, 1.82) is 0 Å². The van der Waals surface area contributed by atoms with Crippen molar-refractivity contribution in [3.8, 4) is 0 Å². The Balaban J connectivity index is 1.36. The fourth-order valence-corrected chi connectivity index (χ4v) is 5.65. The number of carbonyl (C=O) groups is 3. The number of aliphatic hydroxyl groups excluding tert-OH is 1. The van der Waals surface area contributed by atoms with E-state index in [4.69, 9.17) is 19.7 Å². The molecule has 0 spiro atoms. The van der Waals surface area contributed by atoms with Crippen LogP contribution >= 0.6 is 11.8 Å². The highest BCUT2D eigenvalue weighted by Gasteiger charge is 2.32. The maximum absolute atomic E-state index is 12.2. The highest BCUT2D eigenvalue weighted by atomic mass is 32.2. The van der Waals surface area contributed by atoms with Gasteiger partial charge in [0.1, 0.15) is 0 Å². The number of unbranched alkanes of at least 4 members (excludes halogenated alkanes) is 2. The quantitative estimate of drug-likeness (QED) is 0.123. The third-order valence-corrected chi connectivity index (χ3v) is 8.33. The van der Waals surface area contributed by atoms with E-state index in [9.17, 15) is 19.5 Å². The summed E-state index contributed by atoms with van der Waals surface area (Å²) in [4.78, 5) is 34.9. The molecule has 1 aliphatic heterocycles. The number of nitrogens with one attached hydrogen (secondary N) is 1. The van der Waals surface area contributed by atoms with Crippen LogP contribution in [0, 0.1) is 0 Å². The Hall–Kier alpha value is -3.70. The van der Waals surface area contributed by atoms with Crippen molar-refractivity contribution >= 4 is 29.6 Å². The van der Waals surface area contributed by atoms with Gasteiger partial charge < -0.3 is 30.1 Å². The lowest BCUT2D eigenvalue weighted by Crippen LogP contribution is -2.31. The van der Waals surface area contributed by atoms with E-state index in [0.717, 1.165) is 27.1 Å². The molecule has 1 aliphatic rings. The molecule has 3 aromatic rings. The standard InChI is InChI=1S/C33H37NO8S/c35-20-23-8-10-24(11-9-23)29-18-27(21-43-28-16-14-25(15-17-28)32(39)40)41-33(42-29)26-12-6-22(7-13-26)19-34-30(36)4-2-1-3-5-31(37)38/h6-17,27,29,33,35H,1-5,18-21H2,(H,34,36)(H,37,38)(H,39,40)/t27-,29+,33+/m0/s1. The number of ether oxygens (including phenoxy) is 2. The molecule has 0 aliphatic carbocycles. The van der Waals surface area contributed by atoms with Gasteiger partial charge in [-0.1, -0.05) is 55.0 Å². The van der Waals surface area contributed by atoms with E-state index < -0.39 is 18.2 Å². The second-order valence-electron chi connectivity index (χ2n) is 10.5. The molecule has 0 saturated carbocycles. The first-order valence-electron chi connectivity index (χ1n) is 14.3. The summed E-state index contributed by atoms with van der Waals surface area (Å²) in [5.41, 5.74) is 3.85. The lowest BCUT2D eigenvalue weighted by atomic mass is 10.0. The number of aliphatic hydroxyl groups is 1. The molecule has 1 saturated heterocycles. The summed E-state index contributed by atoms with van der Waals surface area (Å²) in [5, 5.41) is 30.2. The molecule has 228 valence electrons. The minimum atomic E-state index is -0.958. The molecule has 43 heavy (non-hydrogen) atoms. The van der Waals surface area contributed by atoms with Crippen LogP contribution < -0.4 is 5.32 Å². The number of aromatic carboxylic acids is 1. The van der Waals surface area contributed by atoms with Gasteiger partial charge in [-0.3, -0.25) is 9.59 Å². The van der Waals surface area contributed by atoms with Crippen LogP contribution in [-0.4, -0.2) is 45.0 Å². The minimum Gasteiger partial charge on any atom is -0.481 e. The van der Waals surface area contributed by atoms with E-state index in [0.29, 0.717) is 44.4 Å². The third kappa shape index (κ3) is 10.2. The fraction of sp³-hybridized carbons (Fsp3) is 0.364. The van der Waals surface area contributed by atoms with E-state index in [1.165, 1.54) is 0 Å². The van der Waals surface area contributed by atoms with Gasteiger partial charge in [-0.2, -0.15) is 0 Å². The number of hydrogen-bond acceptors (Lipinski definition) is 7. The normalized spacial score (nSPS) is 18.2. The van der Waals surface area contributed by atoms with Gasteiger partial charge in [-0.15, -0.1) is 11.8 Å². The van der Waals surface area contributed by atoms with Crippen molar-refractivity contribution in [2.75, 3.05) is 5.75 Å². The second-order valence-corrected chi connectivity index (χ2v) is 11.6. The summed E-state index contributed by atoms with van der Waals surface area (Å²) in [6, 6.07) is 22.2. The molecule has 0 bridgehead atoms. The molecule has 9 nitrogen and oxygen atoms in total. The Bertz CT molecular complexity index is 1340. The van der Waals surface area contributed by atoms with Gasteiger partial charge in [0, 0.05) is 42.0 Å². The number of carboxylic acids is 2. The Morgan fingerprint density at radius 1 is 0.791 bits per heavy atom. The molecule has 1 amide bonds. The topological polar surface area (TPSA) is 142 Å². The highest BCUT2D eigenvalue weighted by molar-refractivity contribution is 7.99. The van der Waals surface area contributed by atoms with Crippen molar-refractivity contribution in [2.45, 2.75) is 75.1 Å². The predicted octanol–water partition coefficient (Wildman–Crippen LogP) is 5.87. The van der Waals surface area contributed by atoms with Crippen molar-refractivity contribution in [1.82, 2.24) is 5.32 Å². The van der Waals surface area contributed by atoms with Gasteiger partial charge >= 0.3 is 11.9 Å². The molecule has 0 unspecified atom stereocenters. The number of benzene rings is 3. The van der Waals surface area contributed by atoms with Gasteiger partial charge in [0.05, 0.1) is 24.4 Å². The summed E-state index contributed by atoms with van der Waals surface area (Å²) in [7, 11) is 0. The fourth-order valence-electron chi connectivity index (χ4n) is 4.73. The maximum atomic E-state index is 12.2. The molecule has 10 heteroatoms. The number of carbonyl (C=O) groups excluding carboxylic acids is 1. The molecule has 3 aromatic carbocycles. The van der Waals surface area contributed by atoms with Crippen LogP contribution in [0.25, 0.3) is 0 Å². The first kappa shape index (κ1) is 32.2. The van der Waals surface area contributed by atoms with Crippen LogP contribution in [0.15, 0.2) is 77.7 Å². The van der Waals surface area contributed by atoms with E-state index in [-0.39, 0.29) is 36.7 Å². The first-order valence-corrected chi connectivity index (χ1v) is 15.3. The molecule has 4 rings (SSSR count). The van der Waals surface area contributed by atoms with E-state index >= 15 is 0 Å². The molecule has 0 aromatic heterocycles. The van der Waals surface area contributed by atoms with Crippen molar-refractivity contribution in [2.24, 2.45) is 0 Å². The minimum absolute atomic E-state index is 0.0307. The van der Waals surface area contributed by atoms with Gasteiger partial charge in [0.15, 0.2) is 6.29 Å². The zero-order valence-electron chi connectivity index (χ0n) is 23.8. The van der Waals surface area contributed by atoms with Crippen LogP contribution in [0.1, 0.15) is 83.5 Å². The Morgan fingerprint density at radius 3 is 2.09 bits per heavy atom. The monoisotopic (exact) mass is 607 g/mol. The van der Waals surface area contributed by atoms with Crippen LogP contribution in [-0.2, 0) is 32.2 Å². The molecule has 4 N–H and O–H groups in total. The summed E-state index contributed by atoms with van der Waals surface area (Å²) in [6.45, 7) is 0.359. The smallest absolute Gasteiger partial charge is 0.335 e.